The Bertz CT molecular complexity index is 1370. The number of anilines is 1. The van der Waals surface area contributed by atoms with E-state index in [2.05, 4.69) is 16.4 Å². The van der Waals surface area contributed by atoms with E-state index < -0.39 is 5.25 Å². The predicted molar refractivity (Wildman–Crippen MR) is 125 cm³/mol. The van der Waals surface area contributed by atoms with Crippen molar-refractivity contribution in [1.82, 2.24) is 9.55 Å². The van der Waals surface area contributed by atoms with Gasteiger partial charge in [0.15, 0.2) is 5.16 Å². The van der Waals surface area contributed by atoms with Gasteiger partial charge in [-0.2, -0.15) is 5.26 Å². The lowest BCUT2D eigenvalue weighted by Gasteiger charge is -2.14. The Morgan fingerprint density at radius 3 is 2.65 bits per heavy atom. The fourth-order valence-electron chi connectivity index (χ4n) is 3.03. The number of nitrogens with zero attached hydrogens (tertiary/aromatic N) is 3. The summed E-state index contributed by atoms with van der Waals surface area (Å²) in [7, 11) is 1.66. The standard InChI is InChI=1S/C23H18N4O2S2/c1-14(20(28)25-18-11-7-6-10-16(18)13-24)30-23-26-21-17(22(29)27(23)2)12-19(31-21)15-8-4-3-5-9-15/h3-12,14H,1-2H3,(H,25,28). The summed E-state index contributed by atoms with van der Waals surface area (Å²) in [6.07, 6.45) is 0. The number of nitriles is 1. The Morgan fingerprint density at radius 1 is 1.19 bits per heavy atom. The molecule has 31 heavy (non-hydrogen) atoms. The first kappa shape index (κ1) is 20.8. The summed E-state index contributed by atoms with van der Waals surface area (Å²) in [5, 5.41) is 12.5. The number of hydrogen-bond donors (Lipinski definition) is 1. The molecular formula is C23H18N4O2S2. The average molecular weight is 447 g/mol. The summed E-state index contributed by atoms with van der Waals surface area (Å²) < 4.78 is 1.47. The second-order valence-electron chi connectivity index (χ2n) is 6.86. The molecule has 8 heteroatoms. The van der Waals surface area contributed by atoms with Crippen molar-refractivity contribution in [2.24, 2.45) is 7.05 Å². The zero-order valence-corrected chi connectivity index (χ0v) is 18.5. The molecule has 0 saturated carbocycles. The van der Waals surface area contributed by atoms with Crippen LogP contribution in [0.5, 0.6) is 0 Å². The van der Waals surface area contributed by atoms with Crippen molar-refractivity contribution in [2.45, 2.75) is 17.3 Å². The Morgan fingerprint density at radius 2 is 1.90 bits per heavy atom. The summed E-state index contributed by atoms with van der Waals surface area (Å²) in [5.41, 5.74) is 1.75. The number of fused-ring (bicyclic) bond motifs is 1. The van der Waals surface area contributed by atoms with Gasteiger partial charge in [-0.3, -0.25) is 14.2 Å². The first-order chi connectivity index (χ1) is 15.0. The molecule has 4 rings (SSSR count). The van der Waals surface area contributed by atoms with Crippen molar-refractivity contribution in [3.05, 3.63) is 76.6 Å². The van der Waals surface area contributed by atoms with E-state index in [1.165, 1.54) is 27.7 Å². The lowest BCUT2D eigenvalue weighted by Crippen LogP contribution is -2.25. The Hall–Kier alpha value is -3.41. The van der Waals surface area contributed by atoms with Crippen LogP contribution in [0.15, 0.2) is 70.6 Å². The molecule has 0 saturated heterocycles. The number of benzene rings is 2. The van der Waals surface area contributed by atoms with Gasteiger partial charge in [-0.25, -0.2) is 4.98 Å². The molecule has 2 heterocycles. The minimum atomic E-state index is -0.518. The monoisotopic (exact) mass is 446 g/mol. The van der Waals surface area contributed by atoms with E-state index in [0.717, 1.165) is 10.4 Å². The second-order valence-corrected chi connectivity index (χ2v) is 9.20. The number of para-hydroxylation sites is 1. The SMILES string of the molecule is CC(Sc1nc2sc(-c3ccccc3)cc2c(=O)n1C)C(=O)Nc1ccccc1C#N. The molecule has 0 aliphatic heterocycles. The summed E-state index contributed by atoms with van der Waals surface area (Å²) in [6, 6.07) is 20.6. The number of rotatable bonds is 5. The minimum Gasteiger partial charge on any atom is -0.324 e. The molecule has 2 aromatic heterocycles. The van der Waals surface area contributed by atoms with E-state index in [-0.39, 0.29) is 11.5 Å². The van der Waals surface area contributed by atoms with E-state index in [4.69, 9.17) is 0 Å². The van der Waals surface area contributed by atoms with Gasteiger partial charge < -0.3 is 5.32 Å². The number of thiophene rings is 1. The fourth-order valence-corrected chi connectivity index (χ4v) is 4.99. The molecule has 1 amide bonds. The van der Waals surface area contributed by atoms with Crippen LogP contribution in [0.4, 0.5) is 5.69 Å². The molecule has 1 atom stereocenters. The summed E-state index contributed by atoms with van der Waals surface area (Å²) in [6.45, 7) is 1.75. The van der Waals surface area contributed by atoms with Gasteiger partial charge in [-0.05, 0) is 30.7 Å². The predicted octanol–water partition coefficient (Wildman–Crippen LogP) is 4.65. The van der Waals surface area contributed by atoms with Crippen LogP contribution in [-0.2, 0) is 11.8 Å². The van der Waals surface area contributed by atoms with Crippen LogP contribution in [0.2, 0.25) is 0 Å². The summed E-state index contributed by atoms with van der Waals surface area (Å²) in [5.74, 6) is -0.266. The molecule has 154 valence electrons. The first-order valence-corrected chi connectivity index (χ1v) is 11.2. The zero-order chi connectivity index (χ0) is 22.0. The number of nitrogens with one attached hydrogen (secondary N) is 1. The third kappa shape index (κ3) is 4.24. The fraction of sp³-hybridized carbons (Fsp3) is 0.130. The molecule has 0 bridgehead atoms. The zero-order valence-electron chi connectivity index (χ0n) is 16.8. The Labute approximate surface area is 187 Å². The van der Waals surface area contributed by atoms with Crippen LogP contribution in [-0.4, -0.2) is 20.7 Å². The van der Waals surface area contributed by atoms with Crippen LogP contribution in [0, 0.1) is 11.3 Å². The number of amides is 1. The van der Waals surface area contributed by atoms with Crippen molar-refractivity contribution in [1.29, 1.82) is 5.26 Å². The quantitative estimate of drug-likeness (QED) is 0.356. The van der Waals surface area contributed by atoms with Gasteiger partial charge in [0.05, 0.1) is 21.9 Å². The van der Waals surface area contributed by atoms with Crippen molar-refractivity contribution in [2.75, 3.05) is 5.32 Å². The highest BCUT2D eigenvalue weighted by Crippen LogP contribution is 2.32. The first-order valence-electron chi connectivity index (χ1n) is 9.50. The third-order valence-corrected chi connectivity index (χ3v) is 6.97. The highest BCUT2D eigenvalue weighted by molar-refractivity contribution is 8.00. The van der Waals surface area contributed by atoms with Gasteiger partial charge in [0.25, 0.3) is 5.56 Å². The number of carbonyl (C=O) groups excluding carboxylic acids is 1. The minimum absolute atomic E-state index is 0.145. The van der Waals surface area contributed by atoms with Gasteiger partial charge in [0, 0.05) is 11.9 Å². The van der Waals surface area contributed by atoms with Gasteiger partial charge in [0.1, 0.15) is 10.9 Å². The molecule has 0 fully saturated rings. The molecule has 0 aliphatic rings. The Balaban J connectivity index is 1.60. The summed E-state index contributed by atoms with van der Waals surface area (Å²) >= 11 is 2.66. The molecule has 1 unspecified atom stereocenters. The van der Waals surface area contributed by atoms with Gasteiger partial charge >= 0.3 is 0 Å². The molecule has 1 N–H and O–H groups in total. The van der Waals surface area contributed by atoms with E-state index in [1.807, 2.05) is 36.4 Å². The maximum absolute atomic E-state index is 12.9. The highest BCUT2D eigenvalue weighted by Gasteiger charge is 2.20. The topological polar surface area (TPSA) is 87.8 Å². The van der Waals surface area contributed by atoms with E-state index >= 15 is 0 Å². The third-order valence-electron chi connectivity index (χ3n) is 4.75. The van der Waals surface area contributed by atoms with Gasteiger partial charge in [0.2, 0.25) is 5.91 Å². The van der Waals surface area contributed by atoms with Crippen molar-refractivity contribution >= 4 is 44.9 Å². The van der Waals surface area contributed by atoms with Crippen molar-refractivity contribution < 1.29 is 4.79 Å². The molecule has 2 aromatic carbocycles. The molecule has 0 radical (unpaired) electrons. The highest BCUT2D eigenvalue weighted by atomic mass is 32.2. The van der Waals surface area contributed by atoms with Crippen LogP contribution in [0.1, 0.15) is 12.5 Å². The Kier molecular flexibility index (Phi) is 5.89. The number of aromatic nitrogens is 2. The average Bonchev–Trinajstić information content (AvgIpc) is 3.22. The van der Waals surface area contributed by atoms with Crippen molar-refractivity contribution in [3.63, 3.8) is 0 Å². The van der Waals surface area contributed by atoms with E-state index in [1.54, 1.807) is 38.2 Å². The number of carbonyl (C=O) groups is 1. The van der Waals surface area contributed by atoms with E-state index in [9.17, 15) is 14.9 Å². The van der Waals surface area contributed by atoms with Crippen LogP contribution >= 0.6 is 23.1 Å². The van der Waals surface area contributed by atoms with Crippen LogP contribution in [0.3, 0.4) is 0 Å². The second kappa shape index (κ2) is 8.76. The molecule has 6 nitrogen and oxygen atoms in total. The molecule has 4 aromatic rings. The van der Waals surface area contributed by atoms with Gasteiger partial charge in [-0.15, -0.1) is 11.3 Å². The van der Waals surface area contributed by atoms with Crippen LogP contribution < -0.4 is 10.9 Å². The largest absolute Gasteiger partial charge is 0.324 e. The maximum Gasteiger partial charge on any atom is 0.262 e. The number of thioether (sulfide) groups is 1. The molecule has 0 aliphatic carbocycles. The van der Waals surface area contributed by atoms with Crippen LogP contribution in [0.25, 0.3) is 20.7 Å². The smallest absolute Gasteiger partial charge is 0.262 e. The summed E-state index contributed by atoms with van der Waals surface area (Å²) in [4.78, 5) is 31.9. The lowest BCUT2D eigenvalue weighted by molar-refractivity contribution is -0.115. The van der Waals surface area contributed by atoms with Gasteiger partial charge in [-0.1, -0.05) is 54.2 Å². The van der Waals surface area contributed by atoms with Crippen molar-refractivity contribution in [3.8, 4) is 16.5 Å². The molecular weight excluding hydrogens is 428 g/mol. The normalized spacial score (nSPS) is 11.8. The lowest BCUT2D eigenvalue weighted by atomic mass is 10.2. The van der Waals surface area contributed by atoms with E-state index in [0.29, 0.717) is 26.6 Å². The maximum atomic E-state index is 12.9. The number of hydrogen-bond acceptors (Lipinski definition) is 6. The molecule has 0 spiro atoms.